The van der Waals surface area contributed by atoms with Crippen molar-refractivity contribution in [1.82, 2.24) is 10.6 Å². The third-order valence-corrected chi connectivity index (χ3v) is 3.83. The molecule has 0 aromatic heterocycles. The first-order valence-electron chi connectivity index (χ1n) is 7.01. The van der Waals surface area contributed by atoms with Gasteiger partial charge in [-0.2, -0.15) is 0 Å². The first-order valence-corrected chi connectivity index (χ1v) is 7.42. The van der Waals surface area contributed by atoms with Gasteiger partial charge < -0.3 is 15.7 Å². The highest BCUT2D eigenvalue weighted by atomic mass is 32.1. The second-order valence-corrected chi connectivity index (χ2v) is 5.54. The van der Waals surface area contributed by atoms with Crippen molar-refractivity contribution in [2.45, 2.75) is 44.2 Å². The molecule has 20 heavy (non-hydrogen) atoms. The summed E-state index contributed by atoms with van der Waals surface area (Å²) in [4.78, 5) is 11.4. The fraction of sp³-hybridized carbons (Fsp3) is 0.467. The maximum atomic E-state index is 11.4. The van der Waals surface area contributed by atoms with E-state index in [0.717, 1.165) is 12.8 Å². The van der Waals surface area contributed by atoms with Gasteiger partial charge >= 0.3 is 5.97 Å². The van der Waals surface area contributed by atoms with Crippen molar-refractivity contribution >= 4 is 23.3 Å². The summed E-state index contributed by atoms with van der Waals surface area (Å²) in [5, 5.41) is 15.9. The fourth-order valence-corrected chi connectivity index (χ4v) is 2.82. The van der Waals surface area contributed by atoms with Crippen molar-refractivity contribution in [2.75, 3.05) is 0 Å². The van der Waals surface area contributed by atoms with E-state index in [1.54, 1.807) is 12.1 Å². The SMILES string of the molecule is O=C(O)C(NC(=S)NC1CCCCC1)c1ccccc1. The monoisotopic (exact) mass is 292 g/mol. The van der Waals surface area contributed by atoms with E-state index in [-0.39, 0.29) is 0 Å². The second-order valence-electron chi connectivity index (χ2n) is 5.13. The summed E-state index contributed by atoms with van der Waals surface area (Å²) in [7, 11) is 0. The number of carboxylic acids is 1. The largest absolute Gasteiger partial charge is 0.479 e. The molecule has 1 aromatic rings. The van der Waals surface area contributed by atoms with Crippen LogP contribution < -0.4 is 10.6 Å². The Morgan fingerprint density at radius 1 is 1.20 bits per heavy atom. The molecule has 0 heterocycles. The maximum absolute atomic E-state index is 11.4. The van der Waals surface area contributed by atoms with Gasteiger partial charge in [0.1, 0.15) is 0 Å². The van der Waals surface area contributed by atoms with Crippen LogP contribution >= 0.6 is 12.2 Å². The highest BCUT2D eigenvalue weighted by Gasteiger charge is 2.21. The third kappa shape index (κ3) is 4.20. The summed E-state index contributed by atoms with van der Waals surface area (Å²) in [6.07, 6.45) is 5.90. The molecule has 1 atom stereocenters. The molecule has 2 rings (SSSR count). The molecule has 0 bridgehead atoms. The van der Waals surface area contributed by atoms with Gasteiger partial charge in [0.05, 0.1) is 0 Å². The first kappa shape index (κ1) is 14.8. The Bertz CT molecular complexity index is 458. The Labute approximate surface area is 124 Å². The summed E-state index contributed by atoms with van der Waals surface area (Å²) in [6.45, 7) is 0. The lowest BCUT2D eigenvalue weighted by Crippen LogP contribution is -2.45. The molecule has 3 N–H and O–H groups in total. The molecule has 1 fully saturated rings. The third-order valence-electron chi connectivity index (χ3n) is 3.60. The Morgan fingerprint density at radius 2 is 1.85 bits per heavy atom. The van der Waals surface area contributed by atoms with Crippen LogP contribution in [0.5, 0.6) is 0 Å². The van der Waals surface area contributed by atoms with Gasteiger partial charge in [-0.1, -0.05) is 49.6 Å². The molecule has 1 aliphatic rings. The fourth-order valence-electron chi connectivity index (χ4n) is 2.54. The van der Waals surface area contributed by atoms with E-state index in [9.17, 15) is 9.90 Å². The van der Waals surface area contributed by atoms with Crippen molar-refractivity contribution in [3.8, 4) is 0 Å². The molecule has 1 unspecified atom stereocenters. The number of hydrogen-bond donors (Lipinski definition) is 3. The first-order chi connectivity index (χ1) is 9.66. The molecular formula is C15H20N2O2S. The van der Waals surface area contributed by atoms with Crippen LogP contribution in [0.4, 0.5) is 0 Å². The van der Waals surface area contributed by atoms with Gasteiger partial charge in [-0.05, 0) is 30.6 Å². The van der Waals surface area contributed by atoms with E-state index in [0.29, 0.717) is 16.7 Å². The van der Waals surface area contributed by atoms with Crippen LogP contribution in [-0.2, 0) is 4.79 Å². The number of hydrogen-bond acceptors (Lipinski definition) is 2. The molecule has 1 aromatic carbocycles. The Balaban J connectivity index is 1.94. The number of rotatable bonds is 4. The molecular weight excluding hydrogens is 272 g/mol. The molecule has 0 radical (unpaired) electrons. The van der Waals surface area contributed by atoms with Crippen LogP contribution in [0, 0.1) is 0 Å². The molecule has 0 aliphatic heterocycles. The number of aliphatic carboxylic acids is 1. The van der Waals surface area contributed by atoms with Crippen molar-refractivity contribution in [3.05, 3.63) is 35.9 Å². The predicted octanol–water partition coefficient (Wildman–Crippen LogP) is 2.61. The van der Waals surface area contributed by atoms with Crippen molar-refractivity contribution in [3.63, 3.8) is 0 Å². The molecule has 5 heteroatoms. The van der Waals surface area contributed by atoms with E-state index >= 15 is 0 Å². The van der Waals surface area contributed by atoms with Crippen LogP contribution in [0.1, 0.15) is 43.7 Å². The van der Waals surface area contributed by atoms with Gasteiger partial charge in [-0.15, -0.1) is 0 Å². The minimum Gasteiger partial charge on any atom is -0.479 e. The normalized spacial score (nSPS) is 17.2. The van der Waals surface area contributed by atoms with Crippen LogP contribution in [0.15, 0.2) is 30.3 Å². The Morgan fingerprint density at radius 3 is 2.45 bits per heavy atom. The predicted molar refractivity (Wildman–Crippen MR) is 82.6 cm³/mol. The molecule has 1 aliphatic carbocycles. The Kier molecular flexibility index (Phi) is 5.35. The van der Waals surface area contributed by atoms with Gasteiger partial charge in [-0.3, -0.25) is 0 Å². The van der Waals surface area contributed by atoms with Gasteiger partial charge in [-0.25, -0.2) is 4.79 Å². The summed E-state index contributed by atoms with van der Waals surface area (Å²) in [5.41, 5.74) is 0.702. The molecule has 4 nitrogen and oxygen atoms in total. The van der Waals surface area contributed by atoms with E-state index < -0.39 is 12.0 Å². The minimum absolute atomic E-state index is 0.369. The van der Waals surface area contributed by atoms with Gasteiger partial charge in [0, 0.05) is 6.04 Å². The number of carboxylic acid groups (broad SMARTS) is 1. The second kappa shape index (κ2) is 7.24. The topological polar surface area (TPSA) is 61.4 Å². The number of nitrogens with one attached hydrogen (secondary N) is 2. The molecule has 0 amide bonds. The van der Waals surface area contributed by atoms with Crippen LogP contribution in [-0.4, -0.2) is 22.2 Å². The zero-order valence-electron chi connectivity index (χ0n) is 11.3. The van der Waals surface area contributed by atoms with Gasteiger partial charge in [0.15, 0.2) is 11.2 Å². The summed E-state index contributed by atoms with van der Waals surface area (Å²) in [5.74, 6) is -0.927. The molecule has 108 valence electrons. The lowest BCUT2D eigenvalue weighted by atomic mass is 9.96. The van der Waals surface area contributed by atoms with E-state index in [1.165, 1.54) is 19.3 Å². The van der Waals surface area contributed by atoms with Crippen molar-refractivity contribution < 1.29 is 9.90 Å². The summed E-state index contributed by atoms with van der Waals surface area (Å²) >= 11 is 5.24. The standard InChI is InChI=1S/C15H20N2O2S/c18-14(19)13(11-7-3-1-4-8-11)17-15(20)16-12-9-5-2-6-10-12/h1,3-4,7-8,12-13H,2,5-6,9-10H2,(H,18,19)(H2,16,17,20). The lowest BCUT2D eigenvalue weighted by molar-refractivity contribution is -0.139. The summed E-state index contributed by atoms with van der Waals surface area (Å²) < 4.78 is 0. The minimum atomic E-state index is -0.927. The Hall–Kier alpha value is -1.62. The average molecular weight is 292 g/mol. The van der Waals surface area contributed by atoms with E-state index in [1.807, 2.05) is 18.2 Å². The van der Waals surface area contributed by atoms with Crippen molar-refractivity contribution in [2.24, 2.45) is 0 Å². The van der Waals surface area contributed by atoms with Gasteiger partial charge in [0.2, 0.25) is 0 Å². The lowest BCUT2D eigenvalue weighted by Gasteiger charge is -2.26. The number of carbonyl (C=O) groups is 1. The molecule has 0 saturated heterocycles. The highest BCUT2D eigenvalue weighted by Crippen LogP contribution is 2.18. The number of benzene rings is 1. The quantitative estimate of drug-likeness (QED) is 0.745. The smallest absolute Gasteiger partial charge is 0.330 e. The maximum Gasteiger partial charge on any atom is 0.330 e. The zero-order chi connectivity index (χ0) is 14.4. The van der Waals surface area contributed by atoms with Crippen LogP contribution in [0.3, 0.4) is 0 Å². The highest BCUT2D eigenvalue weighted by molar-refractivity contribution is 7.80. The van der Waals surface area contributed by atoms with Crippen LogP contribution in [0.2, 0.25) is 0 Å². The molecule has 1 saturated carbocycles. The van der Waals surface area contributed by atoms with E-state index in [4.69, 9.17) is 12.2 Å². The molecule has 0 spiro atoms. The average Bonchev–Trinajstić information content (AvgIpc) is 2.46. The summed E-state index contributed by atoms with van der Waals surface area (Å²) in [6, 6.07) is 8.65. The van der Waals surface area contributed by atoms with E-state index in [2.05, 4.69) is 10.6 Å². The van der Waals surface area contributed by atoms with Gasteiger partial charge in [0.25, 0.3) is 0 Å². The zero-order valence-corrected chi connectivity index (χ0v) is 12.2. The number of thiocarbonyl (C=S) groups is 1. The van der Waals surface area contributed by atoms with Crippen LogP contribution in [0.25, 0.3) is 0 Å². The van der Waals surface area contributed by atoms with Crippen molar-refractivity contribution in [1.29, 1.82) is 0 Å².